The Hall–Kier alpha value is -5.91. The van der Waals surface area contributed by atoms with E-state index in [0.717, 1.165) is 49.8 Å². The zero-order chi connectivity index (χ0) is 30.5. The summed E-state index contributed by atoms with van der Waals surface area (Å²) in [5, 5.41) is 3.37. The molecule has 4 nitrogen and oxygen atoms in total. The summed E-state index contributed by atoms with van der Waals surface area (Å²) in [7, 11) is 0. The summed E-state index contributed by atoms with van der Waals surface area (Å²) in [5.41, 5.74) is 7.70. The molecule has 3 heterocycles. The van der Waals surface area contributed by atoms with E-state index >= 15 is 0 Å². The maximum Gasteiger partial charge on any atom is 0.167 e. The molecule has 0 fully saturated rings. The lowest BCUT2D eigenvalue weighted by Crippen LogP contribution is -2.00. The van der Waals surface area contributed by atoms with E-state index < -0.39 is 0 Å². The molecule has 216 valence electrons. The highest BCUT2D eigenvalue weighted by atomic mass is 32.1. The highest BCUT2D eigenvalue weighted by Crippen LogP contribution is 2.37. The first-order valence-electron chi connectivity index (χ1n) is 15.2. The van der Waals surface area contributed by atoms with Gasteiger partial charge in [-0.05, 0) is 52.4 Å². The minimum Gasteiger partial charge on any atom is -0.455 e. The Kier molecular flexibility index (Phi) is 6.28. The lowest BCUT2D eigenvalue weighted by molar-refractivity contribution is 0.669. The largest absolute Gasteiger partial charge is 0.455 e. The second kappa shape index (κ2) is 10.9. The minimum atomic E-state index is 0.573. The molecule has 0 amide bonds. The maximum atomic E-state index is 6.40. The molecule has 3 aromatic heterocycles. The quantitative estimate of drug-likeness (QED) is 0.195. The van der Waals surface area contributed by atoms with Gasteiger partial charge in [0.15, 0.2) is 17.5 Å². The van der Waals surface area contributed by atoms with Crippen LogP contribution < -0.4 is 0 Å². The van der Waals surface area contributed by atoms with Crippen LogP contribution in [0.2, 0.25) is 0 Å². The number of benzene rings is 6. The highest BCUT2D eigenvalue weighted by molar-refractivity contribution is 7.22. The van der Waals surface area contributed by atoms with E-state index in [-0.39, 0.29) is 0 Å². The van der Waals surface area contributed by atoms with Crippen molar-refractivity contribution in [3.05, 3.63) is 152 Å². The number of nitrogens with zero attached hydrogens (tertiary/aromatic N) is 3. The van der Waals surface area contributed by atoms with Gasteiger partial charge < -0.3 is 4.42 Å². The van der Waals surface area contributed by atoms with Crippen LogP contribution in [0.15, 0.2) is 156 Å². The third-order valence-corrected chi connectivity index (χ3v) is 9.53. The molecule has 6 aromatic carbocycles. The molecule has 0 aliphatic carbocycles. The second-order valence-electron chi connectivity index (χ2n) is 11.3. The van der Waals surface area contributed by atoms with Crippen LogP contribution in [0, 0.1) is 0 Å². The van der Waals surface area contributed by atoms with Crippen LogP contribution in [0.5, 0.6) is 0 Å². The zero-order valence-electron chi connectivity index (χ0n) is 24.6. The molecule has 0 unspecified atom stereocenters. The minimum absolute atomic E-state index is 0.573. The van der Waals surface area contributed by atoms with Crippen molar-refractivity contribution in [2.45, 2.75) is 0 Å². The summed E-state index contributed by atoms with van der Waals surface area (Å²) in [6, 6.07) is 52.3. The van der Waals surface area contributed by atoms with Gasteiger partial charge in [-0.1, -0.05) is 121 Å². The molecule has 0 saturated heterocycles. The zero-order valence-corrected chi connectivity index (χ0v) is 25.4. The summed E-state index contributed by atoms with van der Waals surface area (Å²) in [5.74, 6) is 1.80. The number of aromatic nitrogens is 3. The summed E-state index contributed by atoms with van der Waals surface area (Å²) < 4.78 is 7.68. The van der Waals surface area contributed by atoms with Crippen LogP contribution in [0.1, 0.15) is 0 Å². The van der Waals surface area contributed by atoms with Gasteiger partial charge in [0.05, 0.1) is 5.56 Å². The molecule has 5 heteroatoms. The van der Waals surface area contributed by atoms with E-state index in [0.29, 0.717) is 17.5 Å². The van der Waals surface area contributed by atoms with Gasteiger partial charge in [0.2, 0.25) is 0 Å². The highest BCUT2D eigenvalue weighted by Gasteiger charge is 2.18. The van der Waals surface area contributed by atoms with Gasteiger partial charge >= 0.3 is 0 Å². The smallest absolute Gasteiger partial charge is 0.167 e. The van der Waals surface area contributed by atoms with Crippen molar-refractivity contribution in [1.29, 1.82) is 0 Å². The molecule has 0 aliphatic rings. The normalized spacial score (nSPS) is 11.5. The van der Waals surface area contributed by atoms with Crippen molar-refractivity contribution < 1.29 is 4.42 Å². The summed E-state index contributed by atoms with van der Waals surface area (Å²) >= 11 is 1.80. The van der Waals surface area contributed by atoms with Crippen molar-refractivity contribution in [3.8, 4) is 55.7 Å². The second-order valence-corrected chi connectivity index (χ2v) is 12.3. The van der Waals surface area contributed by atoms with Crippen molar-refractivity contribution in [2.75, 3.05) is 0 Å². The Balaban J connectivity index is 1.20. The number of para-hydroxylation sites is 2. The van der Waals surface area contributed by atoms with Gasteiger partial charge in [0, 0.05) is 31.5 Å². The average molecular weight is 608 g/mol. The fourth-order valence-electron chi connectivity index (χ4n) is 6.05. The number of hydrogen-bond donors (Lipinski definition) is 0. The molecule has 0 aliphatic heterocycles. The number of fused-ring (bicyclic) bond motifs is 4. The first-order chi connectivity index (χ1) is 22.8. The van der Waals surface area contributed by atoms with Crippen LogP contribution in [-0.2, 0) is 0 Å². The van der Waals surface area contributed by atoms with E-state index in [9.17, 15) is 0 Å². The van der Waals surface area contributed by atoms with Crippen LogP contribution >= 0.6 is 11.3 Å². The van der Waals surface area contributed by atoms with Crippen molar-refractivity contribution >= 4 is 43.4 Å². The standard InChI is InChI=1S/C41H25N3OS/c1-2-10-26(11-3-1)29-13-8-14-31(24-29)40-42-39(28-22-20-27(21-23-28)37-25-30-12-4-7-19-36(30)46-37)43-41(44-40)34-17-9-16-33-32-15-5-6-18-35(32)45-38(33)34/h1-25H. The Labute approximate surface area is 269 Å². The molecule has 0 N–H and O–H groups in total. The maximum absolute atomic E-state index is 6.40. The molecule has 0 saturated carbocycles. The lowest BCUT2D eigenvalue weighted by atomic mass is 10.0. The number of thiophene rings is 1. The van der Waals surface area contributed by atoms with Gasteiger partial charge in [0.25, 0.3) is 0 Å². The molecule has 9 rings (SSSR count). The predicted molar refractivity (Wildman–Crippen MR) is 190 cm³/mol. The molecular weight excluding hydrogens is 583 g/mol. The first kappa shape index (κ1) is 26.5. The Morgan fingerprint density at radius 1 is 0.435 bits per heavy atom. The predicted octanol–water partition coefficient (Wildman–Crippen LogP) is 11.3. The fraction of sp³-hybridized carbons (Fsp3) is 0. The van der Waals surface area contributed by atoms with E-state index in [1.165, 1.54) is 20.5 Å². The van der Waals surface area contributed by atoms with Crippen LogP contribution in [0.4, 0.5) is 0 Å². The van der Waals surface area contributed by atoms with Gasteiger partial charge in [-0.2, -0.15) is 0 Å². The average Bonchev–Trinajstić information content (AvgIpc) is 3.74. The molecule has 0 bridgehead atoms. The summed E-state index contributed by atoms with van der Waals surface area (Å²) in [6.07, 6.45) is 0. The first-order valence-corrected chi connectivity index (χ1v) is 16.0. The number of rotatable bonds is 5. The Morgan fingerprint density at radius 2 is 1.09 bits per heavy atom. The van der Waals surface area contributed by atoms with Gasteiger partial charge in [-0.25, -0.2) is 15.0 Å². The van der Waals surface area contributed by atoms with Crippen molar-refractivity contribution in [2.24, 2.45) is 0 Å². The van der Waals surface area contributed by atoms with Crippen molar-refractivity contribution in [1.82, 2.24) is 15.0 Å². The molecule has 46 heavy (non-hydrogen) atoms. The monoisotopic (exact) mass is 607 g/mol. The Bertz CT molecular complexity index is 2500. The fourth-order valence-corrected chi connectivity index (χ4v) is 7.12. The molecule has 0 radical (unpaired) electrons. The lowest BCUT2D eigenvalue weighted by Gasteiger charge is -2.10. The van der Waals surface area contributed by atoms with E-state index in [1.54, 1.807) is 11.3 Å². The third kappa shape index (κ3) is 4.66. The van der Waals surface area contributed by atoms with Gasteiger partial charge in [0.1, 0.15) is 11.2 Å². The topological polar surface area (TPSA) is 51.8 Å². The SMILES string of the molecule is c1ccc(-c2cccc(-c3nc(-c4ccc(-c5cc6ccccc6s5)cc4)nc(-c4cccc5c4oc4ccccc45)n3)c2)cc1. The summed E-state index contributed by atoms with van der Waals surface area (Å²) in [6.45, 7) is 0. The molecular formula is C41H25N3OS. The van der Waals surface area contributed by atoms with Gasteiger partial charge in [-0.15, -0.1) is 11.3 Å². The number of furan rings is 1. The van der Waals surface area contributed by atoms with Gasteiger partial charge in [-0.3, -0.25) is 0 Å². The molecule has 0 atom stereocenters. The van der Waals surface area contributed by atoms with E-state index in [4.69, 9.17) is 19.4 Å². The molecule has 0 spiro atoms. The van der Waals surface area contributed by atoms with Crippen LogP contribution in [0.3, 0.4) is 0 Å². The van der Waals surface area contributed by atoms with Crippen LogP contribution in [0.25, 0.3) is 87.8 Å². The Morgan fingerprint density at radius 3 is 1.96 bits per heavy atom. The summed E-state index contributed by atoms with van der Waals surface area (Å²) in [4.78, 5) is 16.4. The number of hydrogen-bond acceptors (Lipinski definition) is 5. The van der Waals surface area contributed by atoms with E-state index in [1.807, 2.05) is 36.4 Å². The van der Waals surface area contributed by atoms with Crippen LogP contribution in [-0.4, -0.2) is 15.0 Å². The third-order valence-electron chi connectivity index (χ3n) is 8.36. The van der Waals surface area contributed by atoms with Crippen molar-refractivity contribution in [3.63, 3.8) is 0 Å². The molecule has 9 aromatic rings. The van der Waals surface area contributed by atoms with E-state index in [2.05, 4.69) is 115 Å².